The number of anilines is 1. The van der Waals surface area contributed by atoms with Gasteiger partial charge in [0, 0.05) is 9.35 Å². The monoisotopic (exact) mass is 524 g/mol. The van der Waals surface area contributed by atoms with E-state index < -0.39 is 17.9 Å². The first kappa shape index (κ1) is 21.5. The molecule has 0 radical (unpaired) electrons. The van der Waals surface area contributed by atoms with E-state index in [2.05, 4.69) is 20.9 Å². The van der Waals surface area contributed by atoms with Crippen LogP contribution in [0.3, 0.4) is 0 Å². The maximum atomic E-state index is 13.6. The molecule has 0 spiro atoms. The highest BCUT2D eigenvalue weighted by Gasteiger charge is 2.45. The average molecular weight is 525 g/mol. The molecule has 0 aliphatic carbocycles. The van der Waals surface area contributed by atoms with Crippen molar-refractivity contribution in [2.24, 2.45) is 0 Å². The van der Waals surface area contributed by atoms with Gasteiger partial charge in [-0.25, -0.2) is 9.78 Å². The molecule has 0 N–H and O–H groups in total. The van der Waals surface area contributed by atoms with E-state index in [-0.39, 0.29) is 16.8 Å². The molecular formula is C24H17BrN2O5S. The van der Waals surface area contributed by atoms with Gasteiger partial charge in [-0.05, 0) is 49.7 Å². The highest BCUT2D eigenvalue weighted by atomic mass is 79.9. The summed E-state index contributed by atoms with van der Waals surface area (Å²) in [5.41, 5.74) is 2.14. The van der Waals surface area contributed by atoms with Gasteiger partial charge in [0.05, 0.1) is 35.4 Å². The largest absolute Gasteiger partial charge is 0.465 e. The van der Waals surface area contributed by atoms with Gasteiger partial charge in [-0.3, -0.25) is 14.5 Å². The first-order valence-electron chi connectivity index (χ1n) is 10.0. The lowest BCUT2D eigenvalue weighted by Crippen LogP contribution is -2.29. The predicted octanol–water partition coefficient (Wildman–Crippen LogP) is 5.17. The fourth-order valence-corrected chi connectivity index (χ4v) is 5.23. The Hall–Kier alpha value is -3.30. The summed E-state index contributed by atoms with van der Waals surface area (Å²) in [6.07, 6.45) is 0. The van der Waals surface area contributed by atoms with Crippen LogP contribution in [0.1, 0.15) is 48.7 Å². The van der Waals surface area contributed by atoms with Crippen molar-refractivity contribution < 1.29 is 18.7 Å². The number of nitrogens with zero attached hydrogens (tertiary/aromatic N) is 2. The van der Waals surface area contributed by atoms with Gasteiger partial charge >= 0.3 is 5.97 Å². The first-order valence-corrected chi connectivity index (χ1v) is 11.6. The Balaban J connectivity index is 1.77. The molecule has 1 atom stereocenters. The zero-order valence-corrected chi connectivity index (χ0v) is 20.2. The second-order valence-corrected chi connectivity index (χ2v) is 9.74. The van der Waals surface area contributed by atoms with Gasteiger partial charge in [-0.1, -0.05) is 28.1 Å². The summed E-state index contributed by atoms with van der Waals surface area (Å²) in [4.78, 5) is 46.1. The molecule has 5 rings (SSSR count). The minimum atomic E-state index is -0.747. The molecule has 0 saturated carbocycles. The normalized spacial score (nSPS) is 15.2. The van der Waals surface area contributed by atoms with Crippen LogP contribution in [0.5, 0.6) is 0 Å². The van der Waals surface area contributed by atoms with E-state index in [4.69, 9.17) is 9.15 Å². The van der Waals surface area contributed by atoms with E-state index in [9.17, 15) is 14.4 Å². The number of thiazole rings is 1. The van der Waals surface area contributed by atoms with Crippen molar-refractivity contribution in [2.45, 2.75) is 19.9 Å². The molecule has 0 saturated heterocycles. The maximum Gasteiger partial charge on any atom is 0.337 e. The molecule has 9 heteroatoms. The first-order chi connectivity index (χ1) is 15.8. The van der Waals surface area contributed by atoms with Gasteiger partial charge in [0.15, 0.2) is 10.6 Å². The van der Waals surface area contributed by atoms with E-state index in [1.807, 2.05) is 13.8 Å². The van der Waals surface area contributed by atoms with Crippen LogP contribution < -0.4 is 10.3 Å². The van der Waals surface area contributed by atoms with Gasteiger partial charge in [-0.2, -0.15) is 0 Å². The van der Waals surface area contributed by atoms with Crippen molar-refractivity contribution in [1.29, 1.82) is 0 Å². The number of hydrogen-bond acceptors (Lipinski definition) is 7. The predicted molar refractivity (Wildman–Crippen MR) is 128 cm³/mol. The fourth-order valence-electron chi connectivity index (χ4n) is 3.94. The lowest BCUT2D eigenvalue weighted by molar-refractivity contribution is 0.0600. The number of rotatable bonds is 3. The minimum absolute atomic E-state index is 0.00220. The number of benzene rings is 2. The third-order valence-electron chi connectivity index (χ3n) is 5.70. The molecule has 1 aliphatic rings. The van der Waals surface area contributed by atoms with Crippen LogP contribution in [0.25, 0.3) is 11.0 Å². The summed E-state index contributed by atoms with van der Waals surface area (Å²) < 4.78 is 11.5. The highest BCUT2D eigenvalue weighted by molar-refractivity contribution is 9.10. The second kappa shape index (κ2) is 7.93. The van der Waals surface area contributed by atoms with Gasteiger partial charge in [0.2, 0.25) is 5.76 Å². The molecule has 0 fully saturated rings. The van der Waals surface area contributed by atoms with E-state index in [0.717, 1.165) is 15.0 Å². The Bertz CT molecular complexity index is 1490. The van der Waals surface area contributed by atoms with Crippen LogP contribution in [-0.2, 0) is 4.74 Å². The number of aryl methyl sites for hydroxylation is 2. The van der Waals surface area contributed by atoms with Crippen LogP contribution >= 0.6 is 27.3 Å². The maximum absolute atomic E-state index is 13.6. The van der Waals surface area contributed by atoms with Crippen LogP contribution in [-0.4, -0.2) is 24.0 Å². The Labute approximate surface area is 200 Å². The molecular weight excluding hydrogens is 508 g/mol. The molecule has 1 aliphatic heterocycles. The lowest BCUT2D eigenvalue weighted by atomic mass is 9.98. The lowest BCUT2D eigenvalue weighted by Gasteiger charge is -2.22. The van der Waals surface area contributed by atoms with Crippen molar-refractivity contribution in [2.75, 3.05) is 12.0 Å². The Morgan fingerprint density at radius 3 is 2.52 bits per heavy atom. The van der Waals surface area contributed by atoms with Gasteiger partial charge < -0.3 is 9.15 Å². The van der Waals surface area contributed by atoms with Gasteiger partial charge in [-0.15, -0.1) is 11.3 Å². The number of methoxy groups -OCH3 is 1. The Morgan fingerprint density at radius 2 is 1.88 bits per heavy atom. The van der Waals surface area contributed by atoms with Crippen LogP contribution in [0.15, 0.2) is 56.1 Å². The highest BCUT2D eigenvalue weighted by Crippen LogP contribution is 2.43. The SMILES string of the molecule is COC(=O)c1ccc(C2c3c(oc4ccc(Br)cc4c3=O)C(=O)N2c2nc(C)c(C)s2)cc1. The molecule has 166 valence electrons. The zero-order chi connectivity index (χ0) is 23.4. The summed E-state index contributed by atoms with van der Waals surface area (Å²) in [7, 11) is 1.31. The second-order valence-electron chi connectivity index (χ2n) is 7.64. The summed E-state index contributed by atoms with van der Waals surface area (Å²) >= 11 is 4.77. The molecule has 1 unspecified atom stereocenters. The van der Waals surface area contributed by atoms with Crippen molar-refractivity contribution in [3.8, 4) is 0 Å². The van der Waals surface area contributed by atoms with Crippen LogP contribution in [0, 0.1) is 13.8 Å². The number of halogens is 1. The molecule has 2 aromatic heterocycles. The van der Waals surface area contributed by atoms with Crippen molar-refractivity contribution in [1.82, 2.24) is 4.98 Å². The summed E-state index contributed by atoms with van der Waals surface area (Å²) in [5, 5.41) is 0.855. The molecule has 4 aromatic rings. The Kier molecular flexibility index (Phi) is 5.18. The van der Waals surface area contributed by atoms with Crippen molar-refractivity contribution in [3.05, 3.63) is 90.2 Å². The number of carbonyl (C=O) groups excluding carboxylic acids is 2. The number of carbonyl (C=O) groups is 2. The molecule has 33 heavy (non-hydrogen) atoms. The third kappa shape index (κ3) is 3.39. The molecule has 0 bridgehead atoms. The molecule has 3 heterocycles. The third-order valence-corrected chi connectivity index (χ3v) is 7.27. The number of amides is 1. The topological polar surface area (TPSA) is 89.7 Å². The summed E-state index contributed by atoms with van der Waals surface area (Å²) in [6.45, 7) is 3.80. The van der Waals surface area contributed by atoms with Crippen LogP contribution in [0.4, 0.5) is 5.13 Å². The number of esters is 1. The zero-order valence-electron chi connectivity index (χ0n) is 17.8. The molecule has 1 amide bonds. The number of fused-ring (bicyclic) bond motifs is 2. The van der Waals surface area contributed by atoms with Gasteiger partial charge in [0.1, 0.15) is 5.58 Å². The van der Waals surface area contributed by atoms with E-state index in [1.165, 1.54) is 23.3 Å². The van der Waals surface area contributed by atoms with E-state index >= 15 is 0 Å². The van der Waals surface area contributed by atoms with E-state index in [1.54, 1.807) is 42.5 Å². The number of aromatic nitrogens is 1. The fraction of sp³-hybridized carbons (Fsp3) is 0.167. The standard InChI is InChI=1S/C24H17BrN2O5S/c1-11-12(2)33-24(26-11)27-19(13-4-6-14(7-5-13)23(30)31-3)18-20(28)16-10-15(25)8-9-17(16)32-21(18)22(27)29/h4-10,19H,1-3H3. The Morgan fingerprint density at radius 1 is 1.15 bits per heavy atom. The number of hydrogen-bond donors (Lipinski definition) is 0. The number of ether oxygens (including phenoxy) is 1. The quantitative estimate of drug-likeness (QED) is 0.343. The molecule has 7 nitrogen and oxygen atoms in total. The van der Waals surface area contributed by atoms with Crippen molar-refractivity contribution >= 4 is 55.2 Å². The summed E-state index contributed by atoms with van der Waals surface area (Å²) in [5.74, 6) is -0.895. The summed E-state index contributed by atoms with van der Waals surface area (Å²) in [6, 6.07) is 11.0. The minimum Gasteiger partial charge on any atom is -0.465 e. The van der Waals surface area contributed by atoms with Crippen molar-refractivity contribution in [3.63, 3.8) is 0 Å². The van der Waals surface area contributed by atoms with Gasteiger partial charge in [0.25, 0.3) is 5.91 Å². The van der Waals surface area contributed by atoms with Crippen LogP contribution in [0.2, 0.25) is 0 Å². The smallest absolute Gasteiger partial charge is 0.337 e. The molecule has 2 aromatic carbocycles. The average Bonchev–Trinajstić information content (AvgIpc) is 3.29. The van der Waals surface area contributed by atoms with E-state index in [0.29, 0.717) is 27.2 Å².